The molecule has 1 aromatic carbocycles. The molecule has 0 bridgehead atoms. The predicted molar refractivity (Wildman–Crippen MR) is 89.5 cm³/mol. The van der Waals surface area contributed by atoms with Crippen molar-refractivity contribution in [3.63, 3.8) is 0 Å². The van der Waals surface area contributed by atoms with Gasteiger partial charge in [-0.2, -0.15) is 8.42 Å². The van der Waals surface area contributed by atoms with Crippen molar-refractivity contribution in [2.45, 2.75) is 25.9 Å². The molecule has 0 aliphatic carbocycles. The van der Waals surface area contributed by atoms with Gasteiger partial charge in [-0.25, -0.2) is 4.31 Å². The minimum absolute atomic E-state index is 0. The van der Waals surface area contributed by atoms with Crippen LogP contribution in [0, 0.1) is 0 Å². The van der Waals surface area contributed by atoms with Crippen molar-refractivity contribution in [2.75, 3.05) is 6.54 Å². The molecule has 132 valence electrons. The standard InChI is InChI=1S/C14H17N3O6S.Na.H/c1-9(18)23-24(21,22)17-8-12(14(17)20)16-13(19)6-10-4-2-3-5-11(10)7-15;;/h2-5,12H,6-8,15H2,1H3,(H,16,19);;. The quantitative estimate of drug-likeness (QED) is 0.438. The van der Waals surface area contributed by atoms with Gasteiger partial charge in [0.15, 0.2) is 0 Å². The SMILES string of the molecule is CC(=O)OS(=O)(=O)N1CC(NC(=O)Cc2ccccc2CN)C1=O.[NaH]. The van der Waals surface area contributed by atoms with Gasteiger partial charge in [0, 0.05) is 13.5 Å². The molecule has 0 spiro atoms. The fourth-order valence-electron chi connectivity index (χ4n) is 2.24. The average Bonchev–Trinajstić information content (AvgIpc) is 2.49. The van der Waals surface area contributed by atoms with Gasteiger partial charge in [0.05, 0.1) is 13.0 Å². The van der Waals surface area contributed by atoms with Crippen LogP contribution in [0.2, 0.25) is 0 Å². The number of nitrogens with two attached hydrogens (primary N) is 1. The summed E-state index contributed by atoms with van der Waals surface area (Å²) in [5.74, 6) is -2.33. The first-order valence-electron chi connectivity index (χ1n) is 7.07. The van der Waals surface area contributed by atoms with E-state index in [1.807, 2.05) is 0 Å². The Balaban J connectivity index is 0.00000312. The van der Waals surface area contributed by atoms with Gasteiger partial charge in [-0.1, -0.05) is 24.3 Å². The molecule has 1 aliphatic heterocycles. The number of rotatable bonds is 6. The monoisotopic (exact) mass is 379 g/mol. The molecule has 2 amide bonds. The number of carbonyl (C=O) groups is 3. The maximum absolute atomic E-state index is 12.0. The molecule has 0 aromatic heterocycles. The van der Waals surface area contributed by atoms with E-state index in [1.165, 1.54) is 0 Å². The van der Waals surface area contributed by atoms with E-state index < -0.39 is 34.1 Å². The summed E-state index contributed by atoms with van der Waals surface area (Å²) < 4.78 is 27.6. The van der Waals surface area contributed by atoms with Gasteiger partial charge >= 0.3 is 45.8 Å². The second kappa shape index (κ2) is 8.77. The molecule has 1 aromatic rings. The fraction of sp³-hybridized carbons (Fsp3) is 0.357. The van der Waals surface area contributed by atoms with E-state index in [-0.39, 0.29) is 49.1 Å². The molecule has 3 N–H and O–H groups in total. The van der Waals surface area contributed by atoms with Crippen LogP contribution in [0.15, 0.2) is 24.3 Å². The van der Waals surface area contributed by atoms with E-state index in [0.717, 1.165) is 18.1 Å². The molecule has 25 heavy (non-hydrogen) atoms. The van der Waals surface area contributed by atoms with Crippen molar-refractivity contribution >= 4 is 57.6 Å². The first-order valence-corrected chi connectivity index (χ1v) is 8.44. The van der Waals surface area contributed by atoms with Crippen molar-refractivity contribution in [1.29, 1.82) is 0 Å². The number of nitrogens with one attached hydrogen (secondary N) is 1. The van der Waals surface area contributed by atoms with Crippen LogP contribution in [0.4, 0.5) is 0 Å². The normalized spacial score (nSPS) is 16.5. The second-order valence-electron chi connectivity index (χ2n) is 5.17. The summed E-state index contributed by atoms with van der Waals surface area (Å²) in [4.78, 5) is 34.5. The molecular weight excluding hydrogens is 361 g/mol. The van der Waals surface area contributed by atoms with E-state index in [4.69, 9.17) is 5.73 Å². The van der Waals surface area contributed by atoms with Crippen LogP contribution in [0.25, 0.3) is 0 Å². The van der Waals surface area contributed by atoms with Crippen LogP contribution in [-0.2, 0) is 41.8 Å². The molecule has 11 heteroatoms. The number of carbonyl (C=O) groups excluding carboxylic acids is 3. The van der Waals surface area contributed by atoms with Crippen molar-refractivity contribution in [2.24, 2.45) is 5.73 Å². The van der Waals surface area contributed by atoms with Crippen molar-refractivity contribution in [3.05, 3.63) is 35.4 Å². The van der Waals surface area contributed by atoms with Gasteiger partial charge in [-0.3, -0.25) is 14.4 Å². The van der Waals surface area contributed by atoms with Crippen molar-refractivity contribution < 1.29 is 27.0 Å². The number of benzene rings is 1. The zero-order valence-corrected chi connectivity index (χ0v) is 13.7. The predicted octanol–water partition coefficient (Wildman–Crippen LogP) is -1.83. The molecular formula is C14H18N3NaO6S. The third-order valence-electron chi connectivity index (χ3n) is 3.41. The zero-order chi connectivity index (χ0) is 17.9. The van der Waals surface area contributed by atoms with E-state index in [1.54, 1.807) is 24.3 Å². The van der Waals surface area contributed by atoms with Crippen LogP contribution >= 0.6 is 0 Å². The topological polar surface area (TPSA) is 136 Å². The Morgan fingerprint density at radius 2 is 1.92 bits per heavy atom. The maximum atomic E-state index is 12.0. The number of hydrogen-bond acceptors (Lipinski definition) is 7. The van der Waals surface area contributed by atoms with Crippen molar-refractivity contribution in [3.8, 4) is 0 Å². The molecule has 1 aliphatic rings. The summed E-state index contributed by atoms with van der Waals surface area (Å²) in [6.07, 6.45) is 0.0217. The van der Waals surface area contributed by atoms with E-state index in [2.05, 4.69) is 9.50 Å². The van der Waals surface area contributed by atoms with Crippen LogP contribution in [-0.4, -0.2) is 72.7 Å². The Hall–Kier alpha value is -1.46. The summed E-state index contributed by atoms with van der Waals surface area (Å²) in [6.45, 7) is 0.912. The van der Waals surface area contributed by atoms with Crippen LogP contribution < -0.4 is 11.1 Å². The summed E-state index contributed by atoms with van der Waals surface area (Å²) in [5.41, 5.74) is 7.13. The Bertz CT molecular complexity index is 783. The molecule has 1 unspecified atom stereocenters. The summed E-state index contributed by atoms with van der Waals surface area (Å²) >= 11 is 0. The third-order valence-corrected chi connectivity index (χ3v) is 4.72. The number of hydrogen-bond donors (Lipinski definition) is 2. The Morgan fingerprint density at radius 1 is 1.32 bits per heavy atom. The molecule has 1 atom stereocenters. The molecule has 2 rings (SSSR count). The number of nitrogens with zero attached hydrogens (tertiary/aromatic N) is 1. The first-order chi connectivity index (χ1) is 11.2. The Labute approximate surface area is 167 Å². The fourth-order valence-corrected chi connectivity index (χ4v) is 3.31. The van der Waals surface area contributed by atoms with Gasteiger partial charge < -0.3 is 15.2 Å². The third kappa shape index (κ3) is 5.25. The van der Waals surface area contributed by atoms with Gasteiger partial charge in [-0.05, 0) is 11.1 Å². The minimum atomic E-state index is -4.44. The van der Waals surface area contributed by atoms with E-state index in [0.29, 0.717) is 4.31 Å². The number of amides is 2. The summed E-state index contributed by atoms with van der Waals surface area (Å²) in [7, 11) is -4.44. The molecule has 1 heterocycles. The summed E-state index contributed by atoms with van der Waals surface area (Å²) in [6, 6.07) is 6.15. The Morgan fingerprint density at radius 3 is 2.44 bits per heavy atom. The van der Waals surface area contributed by atoms with Gasteiger partial charge in [0.1, 0.15) is 6.04 Å². The van der Waals surface area contributed by atoms with Crippen LogP contribution in [0.1, 0.15) is 18.1 Å². The van der Waals surface area contributed by atoms with E-state index in [9.17, 15) is 22.8 Å². The number of β-lactam (4-membered cyclic amide) rings is 1. The Kier molecular flexibility index (Phi) is 7.57. The zero-order valence-electron chi connectivity index (χ0n) is 12.9. The first kappa shape index (κ1) is 21.6. The van der Waals surface area contributed by atoms with Gasteiger partial charge in [-0.15, -0.1) is 0 Å². The van der Waals surface area contributed by atoms with Gasteiger partial charge in [0.2, 0.25) is 5.91 Å². The van der Waals surface area contributed by atoms with Gasteiger partial charge in [0.25, 0.3) is 5.91 Å². The van der Waals surface area contributed by atoms with Crippen LogP contribution in [0.5, 0.6) is 0 Å². The van der Waals surface area contributed by atoms with Crippen molar-refractivity contribution in [1.82, 2.24) is 9.62 Å². The molecule has 1 saturated heterocycles. The average molecular weight is 379 g/mol. The summed E-state index contributed by atoms with van der Waals surface area (Å²) in [5, 5.41) is 2.45. The molecule has 0 saturated carbocycles. The second-order valence-corrected chi connectivity index (χ2v) is 6.63. The molecule has 1 fully saturated rings. The molecule has 9 nitrogen and oxygen atoms in total. The molecule has 0 radical (unpaired) electrons. The van der Waals surface area contributed by atoms with Crippen LogP contribution in [0.3, 0.4) is 0 Å². The van der Waals surface area contributed by atoms with E-state index >= 15 is 0 Å².